The molecule has 0 saturated carbocycles. The number of hydrogen-bond acceptors (Lipinski definition) is 3. The summed E-state index contributed by atoms with van der Waals surface area (Å²) >= 11 is 0. The van der Waals surface area contributed by atoms with Crippen LogP contribution >= 0.6 is 0 Å². The highest BCUT2D eigenvalue weighted by atomic mass is 32.2. The third-order valence-electron chi connectivity index (χ3n) is 3.60. The van der Waals surface area contributed by atoms with Gasteiger partial charge in [0.05, 0.1) is 18.5 Å². The van der Waals surface area contributed by atoms with Gasteiger partial charge >= 0.3 is 0 Å². The van der Waals surface area contributed by atoms with Crippen molar-refractivity contribution >= 4 is 21.6 Å². The van der Waals surface area contributed by atoms with Gasteiger partial charge < -0.3 is 5.32 Å². The van der Waals surface area contributed by atoms with Crippen LogP contribution in [-0.4, -0.2) is 33.7 Å². The Bertz CT molecular complexity index is 916. The lowest BCUT2D eigenvalue weighted by Gasteiger charge is -2.23. The number of hydrogen-bond donors (Lipinski definition) is 1. The molecule has 1 amide bonds. The Kier molecular flexibility index (Phi) is 5.91. The number of aryl methyl sites for hydroxylation is 1. The lowest BCUT2D eigenvalue weighted by Crippen LogP contribution is -2.38. The zero-order chi connectivity index (χ0) is 19.5. The van der Waals surface area contributed by atoms with E-state index >= 15 is 0 Å². The lowest BCUT2D eigenvalue weighted by molar-refractivity contribution is 0.0955. The monoisotopic (exact) mass is 386 g/mol. The van der Waals surface area contributed by atoms with Crippen molar-refractivity contribution in [3.8, 4) is 0 Å². The first-order valence-corrected chi connectivity index (χ1v) is 9.42. The molecule has 0 aliphatic carbocycles. The molecule has 5 nitrogen and oxygen atoms in total. The Morgan fingerprint density at radius 1 is 1.04 bits per heavy atom. The van der Waals surface area contributed by atoms with Crippen molar-refractivity contribution < 1.29 is 26.4 Å². The van der Waals surface area contributed by atoms with E-state index in [1.165, 1.54) is 0 Å². The fourth-order valence-electron chi connectivity index (χ4n) is 2.25. The van der Waals surface area contributed by atoms with Gasteiger partial charge in [0, 0.05) is 12.1 Å². The van der Waals surface area contributed by atoms with E-state index in [0.29, 0.717) is 15.9 Å². The molecule has 2 rings (SSSR count). The summed E-state index contributed by atoms with van der Waals surface area (Å²) in [7, 11) is -3.99. The number of rotatable bonds is 6. The molecule has 0 radical (unpaired) electrons. The number of carbonyl (C=O) groups excluding carboxylic acids is 1. The Hall–Kier alpha value is -2.55. The number of nitrogens with zero attached hydrogens (tertiary/aromatic N) is 1. The van der Waals surface area contributed by atoms with Crippen LogP contribution in [0.2, 0.25) is 0 Å². The highest BCUT2D eigenvalue weighted by molar-refractivity contribution is 7.92. The Labute approximate surface area is 149 Å². The van der Waals surface area contributed by atoms with Crippen LogP contribution in [0.25, 0.3) is 0 Å². The van der Waals surface area contributed by atoms with Crippen molar-refractivity contribution in [2.24, 2.45) is 0 Å². The van der Waals surface area contributed by atoms with E-state index in [9.17, 15) is 26.4 Å². The molecule has 140 valence electrons. The zero-order valence-corrected chi connectivity index (χ0v) is 14.9. The van der Waals surface area contributed by atoms with Crippen molar-refractivity contribution in [2.75, 3.05) is 23.7 Å². The predicted octanol–water partition coefficient (Wildman–Crippen LogP) is 2.61. The summed E-state index contributed by atoms with van der Waals surface area (Å²) in [4.78, 5) is 12.0. The quantitative estimate of drug-likeness (QED) is 0.776. The first-order chi connectivity index (χ1) is 12.1. The van der Waals surface area contributed by atoms with Gasteiger partial charge in [-0.25, -0.2) is 21.6 Å². The number of halogens is 3. The van der Waals surface area contributed by atoms with Gasteiger partial charge in [0.15, 0.2) is 17.5 Å². The minimum Gasteiger partial charge on any atom is -0.350 e. The Balaban J connectivity index is 2.14. The summed E-state index contributed by atoms with van der Waals surface area (Å²) in [6.07, 6.45) is 0.801. The van der Waals surface area contributed by atoms with E-state index < -0.39 is 39.1 Å². The summed E-state index contributed by atoms with van der Waals surface area (Å²) in [5, 5.41) is 2.50. The van der Waals surface area contributed by atoms with Crippen molar-refractivity contribution in [1.82, 2.24) is 5.32 Å². The van der Waals surface area contributed by atoms with Crippen molar-refractivity contribution in [1.29, 1.82) is 0 Å². The van der Waals surface area contributed by atoms with E-state index in [1.807, 2.05) is 6.92 Å². The average Bonchev–Trinajstić information content (AvgIpc) is 2.57. The second kappa shape index (κ2) is 7.77. The standard InChI is InChI=1S/C17H17F3N2O3S/c1-11-3-5-12(6-4-11)17(23)21-9-10-22(26(2,24)25)14-8-7-13(18)15(19)16(14)20/h3-8H,9-10H2,1-2H3,(H,21,23). The molecule has 2 aromatic carbocycles. The van der Waals surface area contributed by atoms with Crippen LogP contribution in [0.5, 0.6) is 0 Å². The van der Waals surface area contributed by atoms with Gasteiger partial charge in [-0.3, -0.25) is 9.10 Å². The summed E-state index contributed by atoms with van der Waals surface area (Å²) in [5.41, 5.74) is 0.718. The molecule has 0 atom stereocenters. The minimum atomic E-state index is -3.99. The number of carbonyl (C=O) groups is 1. The molecule has 0 saturated heterocycles. The van der Waals surface area contributed by atoms with Crippen LogP contribution in [0.1, 0.15) is 15.9 Å². The molecular formula is C17H17F3N2O3S. The fraction of sp³-hybridized carbons (Fsp3) is 0.235. The Morgan fingerprint density at radius 3 is 2.23 bits per heavy atom. The van der Waals surface area contributed by atoms with Gasteiger partial charge in [0.2, 0.25) is 10.0 Å². The van der Waals surface area contributed by atoms with E-state index in [4.69, 9.17) is 0 Å². The molecule has 2 aromatic rings. The molecule has 0 heterocycles. The highest BCUT2D eigenvalue weighted by Gasteiger charge is 2.24. The van der Waals surface area contributed by atoms with E-state index in [-0.39, 0.29) is 13.1 Å². The molecule has 0 aliphatic heterocycles. The van der Waals surface area contributed by atoms with Crippen LogP contribution in [0, 0.1) is 24.4 Å². The second-order valence-electron chi connectivity index (χ2n) is 5.65. The number of nitrogens with one attached hydrogen (secondary N) is 1. The molecule has 0 unspecified atom stereocenters. The third-order valence-corrected chi connectivity index (χ3v) is 4.78. The van der Waals surface area contributed by atoms with Crippen molar-refractivity contribution in [3.63, 3.8) is 0 Å². The number of amides is 1. The SMILES string of the molecule is Cc1ccc(C(=O)NCCN(c2ccc(F)c(F)c2F)S(C)(=O)=O)cc1. The van der Waals surface area contributed by atoms with Crippen LogP contribution < -0.4 is 9.62 Å². The summed E-state index contributed by atoms with van der Waals surface area (Å²) in [6.45, 7) is 1.36. The number of sulfonamides is 1. The largest absolute Gasteiger partial charge is 0.350 e. The average molecular weight is 386 g/mol. The van der Waals surface area contributed by atoms with Crippen molar-refractivity contribution in [3.05, 3.63) is 65.0 Å². The van der Waals surface area contributed by atoms with Gasteiger partial charge in [-0.15, -0.1) is 0 Å². The second-order valence-corrected chi connectivity index (χ2v) is 7.56. The maximum atomic E-state index is 13.9. The first kappa shape index (κ1) is 19.8. The highest BCUT2D eigenvalue weighted by Crippen LogP contribution is 2.25. The molecule has 26 heavy (non-hydrogen) atoms. The van der Waals surface area contributed by atoms with E-state index in [0.717, 1.165) is 17.9 Å². The minimum absolute atomic E-state index is 0.155. The molecule has 0 aromatic heterocycles. The smallest absolute Gasteiger partial charge is 0.251 e. The number of benzene rings is 2. The summed E-state index contributed by atoms with van der Waals surface area (Å²) < 4.78 is 64.7. The third kappa shape index (κ3) is 4.54. The zero-order valence-electron chi connectivity index (χ0n) is 14.1. The fourth-order valence-corrected chi connectivity index (χ4v) is 3.17. The van der Waals surface area contributed by atoms with Gasteiger partial charge in [-0.2, -0.15) is 0 Å². The molecule has 0 fully saturated rings. The molecule has 0 aliphatic rings. The predicted molar refractivity (Wildman–Crippen MR) is 92.0 cm³/mol. The van der Waals surface area contributed by atoms with Gasteiger partial charge in [-0.05, 0) is 31.2 Å². The van der Waals surface area contributed by atoms with E-state index in [1.54, 1.807) is 24.3 Å². The van der Waals surface area contributed by atoms with Crippen LogP contribution in [0.15, 0.2) is 36.4 Å². The first-order valence-electron chi connectivity index (χ1n) is 7.57. The van der Waals surface area contributed by atoms with E-state index in [2.05, 4.69) is 5.32 Å². The normalized spacial score (nSPS) is 11.3. The summed E-state index contributed by atoms with van der Waals surface area (Å²) in [5.74, 6) is -5.24. The molecule has 0 spiro atoms. The lowest BCUT2D eigenvalue weighted by atomic mass is 10.1. The summed E-state index contributed by atoms with van der Waals surface area (Å²) in [6, 6.07) is 8.16. The maximum absolute atomic E-state index is 13.9. The van der Waals surface area contributed by atoms with Gasteiger partial charge in [-0.1, -0.05) is 17.7 Å². The topological polar surface area (TPSA) is 66.5 Å². The van der Waals surface area contributed by atoms with Crippen LogP contribution in [-0.2, 0) is 10.0 Å². The Morgan fingerprint density at radius 2 is 1.65 bits per heavy atom. The molecular weight excluding hydrogens is 369 g/mol. The van der Waals surface area contributed by atoms with Crippen LogP contribution in [0.3, 0.4) is 0 Å². The molecule has 1 N–H and O–H groups in total. The molecule has 0 bridgehead atoms. The van der Waals surface area contributed by atoms with Crippen molar-refractivity contribution in [2.45, 2.75) is 6.92 Å². The van der Waals surface area contributed by atoms with Gasteiger partial charge in [0.1, 0.15) is 0 Å². The molecule has 9 heteroatoms. The maximum Gasteiger partial charge on any atom is 0.251 e. The van der Waals surface area contributed by atoms with Gasteiger partial charge in [0.25, 0.3) is 5.91 Å². The number of anilines is 1. The van der Waals surface area contributed by atoms with Crippen LogP contribution in [0.4, 0.5) is 18.9 Å².